The number of hydrogen-bond donors (Lipinski definition) is 0. The van der Waals surface area contributed by atoms with E-state index in [1.54, 1.807) is 19.1 Å². The first-order valence-electron chi connectivity index (χ1n) is 11.5. The van der Waals surface area contributed by atoms with Crippen LogP contribution in [0.1, 0.15) is 59.3 Å². The largest absolute Gasteiger partial charge is 0.458 e. The molecule has 0 aromatic heterocycles. The standard InChI is InChI=1S/C27H34O4/c1-7-8-25(30)31-24-13-18-20-10-9-19(17(4)28)26(20,5)12-11-21(18)27(6)16(3)15(2)23(29)14-22(24)27/h7,14,18-21,24H,1-3,8-13H2,4-6H3/t18-,19+,20-,21-,24?,26+,27+/m0/s1. The van der Waals surface area contributed by atoms with Gasteiger partial charge in [-0.05, 0) is 79.4 Å². The zero-order chi connectivity index (χ0) is 22.7. The molecule has 0 bridgehead atoms. The Balaban J connectivity index is 1.78. The molecule has 4 nitrogen and oxygen atoms in total. The fourth-order valence-corrected chi connectivity index (χ4v) is 7.69. The fraction of sp³-hybridized carbons (Fsp3) is 0.593. The summed E-state index contributed by atoms with van der Waals surface area (Å²) in [5, 5.41) is 0. The quantitative estimate of drug-likeness (QED) is 0.357. The van der Waals surface area contributed by atoms with Gasteiger partial charge in [-0.1, -0.05) is 33.1 Å². The maximum absolute atomic E-state index is 12.6. The zero-order valence-electron chi connectivity index (χ0n) is 19.0. The smallest absolute Gasteiger partial charge is 0.310 e. The van der Waals surface area contributed by atoms with Crippen molar-refractivity contribution in [3.63, 3.8) is 0 Å². The van der Waals surface area contributed by atoms with Crippen LogP contribution in [0.25, 0.3) is 0 Å². The lowest BCUT2D eigenvalue weighted by molar-refractivity contribution is -0.153. The predicted molar refractivity (Wildman–Crippen MR) is 120 cm³/mol. The number of allylic oxidation sites excluding steroid dienone is 2. The van der Waals surface area contributed by atoms with Crippen molar-refractivity contribution in [3.05, 3.63) is 48.6 Å². The third kappa shape index (κ3) is 3.05. The molecule has 4 aliphatic rings. The Morgan fingerprint density at radius 3 is 2.55 bits per heavy atom. The van der Waals surface area contributed by atoms with Gasteiger partial charge in [0.25, 0.3) is 0 Å². The number of hydrogen-bond acceptors (Lipinski definition) is 4. The Morgan fingerprint density at radius 1 is 1.19 bits per heavy atom. The van der Waals surface area contributed by atoms with Crippen molar-refractivity contribution in [3.8, 4) is 0 Å². The van der Waals surface area contributed by atoms with Crippen molar-refractivity contribution in [2.75, 3.05) is 0 Å². The predicted octanol–water partition coefficient (Wildman–Crippen LogP) is 5.15. The first-order chi connectivity index (χ1) is 14.6. The normalized spacial score (nSPS) is 41.6. The molecule has 31 heavy (non-hydrogen) atoms. The maximum atomic E-state index is 12.6. The molecule has 4 rings (SSSR count). The van der Waals surface area contributed by atoms with Crippen LogP contribution >= 0.6 is 0 Å². The molecular formula is C27H34O4. The van der Waals surface area contributed by atoms with Crippen molar-refractivity contribution in [1.29, 1.82) is 0 Å². The van der Waals surface area contributed by atoms with E-state index in [1.165, 1.54) is 0 Å². The summed E-state index contributed by atoms with van der Waals surface area (Å²) in [6, 6.07) is 0. The summed E-state index contributed by atoms with van der Waals surface area (Å²) < 4.78 is 5.93. The molecule has 7 atom stereocenters. The average Bonchev–Trinajstić information content (AvgIpc) is 3.06. The van der Waals surface area contributed by atoms with Crippen LogP contribution in [-0.2, 0) is 19.1 Å². The molecule has 0 aromatic rings. The SMILES string of the molecule is C=CCC(=O)OC1C[C@@H]2[C@H](CC[C@]3(C)[C@@H](C(C)=O)CC[C@@H]23)[C@@]2(C)C(=C)C(=C)C(=O)C=C12. The third-order valence-electron chi connectivity index (χ3n) is 9.26. The van der Waals surface area contributed by atoms with E-state index in [9.17, 15) is 14.4 Å². The summed E-state index contributed by atoms with van der Waals surface area (Å²) >= 11 is 0. The van der Waals surface area contributed by atoms with E-state index >= 15 is 0 Å². The molecule has 0 radical (unpaired) electrons. The first kappa shape index (κ1) is 22.0. The van der Waals surface area contributed by atoms with Crippen molar-refractivity contribution < 1.29 is 19.1 Å². The molecule has 3 fully saturated rings. The van der Waals surface area contributed by atoms with Crippen LogP contribution in [0, 0.1) is 34.5 Å². The molecule has 0 saturated heterocycles. The van der Waals surface area contributed by atoms with Gasteiger partial charge in [-0.25, -0.2) is 0 Å². The Kier molecular flexibility index (Phi) is 5.27. The lowest BCUT2D eigenvalue weighted by atomic mass is 9.45. The van der Waals surface area contributed by atoms with Crippen LogP contribution in [-0.4, -0.2) is 23.6 Å². The van der Waals surface area contributed by atoms with E-state index in [2.05, 4.69) is 33.6 Å². The lowest BCUT2D eigenvalue weighted by Gasteiger charge is -2.59. The maximum Gasteiger partial charge on any atom is 0.310 e. The van der Waals surface area contributed by atoms with Gasteiger partial charge in [0.05, 0.1) is 6.42 Å². The summed E-state index contributed by atoms with van der Waals surface area (Å²) in [7, 11) is 0. The number of carbonyl (C=O) groups is 3. The van der Waals surface area contributed by atoms with Gasteiger partial charge in [0.15, 0.2) is 5.78 Å². The highest BCUT2D eigenvalue weighted by Gasteiger charge is 2.62. The van der Waals surface area contributed by atoms with Crippen molar-refractivity contribution in [2.24, 2.45) is 34.5 Å². The summed E-state index contributed by atoms with van der Waals surface area (Å²) in [5.74, 6) is 0.948. The average molecular weight is 423 g/mol. The monoisotopic (exact) mass is 422 g/mol. The van der Waals surface area contributed by atoms with Gasteiger partial charge in [0.1, 0.15) is 11.9 Å². The fourth-order valence-electron chi connectivity index (χ4n) is 7.69. The second-order valence-electron chi connectivity index (χ2n) is 10.5. The number of carbonyl (C=O) groups excluding carboxylic acids is 3. The van der Waals surface area contributed by atoms with Crippen LogP contribution in [0.2, 0.25) is 0 Å². The van der Waals surface area contributed by atoms with Crippen LogP contribution in [0.5, 0.6) is 0 Å². The van der Waals surface area contributed by atoms with Gasteiger partial charge in [0.2, 0.25) is 0 Å². The van der Waals surface area contributed by atoms with E-state index in [-0.39, 0.29) is 29.5 Å². The van der Waals surface area contributed by atoms with Crippen molar-refractivity contribution in [2.45, 2.75) is 65.4 Å². The minimum Gasteiger partial charge on any atom is -0.458 e. The lowest BCUT2D eigenvalue weighted by Crippen LogP contribution is -2.55. The van der Waals surface area contributed by atoms with E-state index in [4.69, 9.17) is 4.74 Å². The van der Waals surface area contributed by atoms with E-state index in [0.29, 0.717) is 35.5 Å². The Bertz CT molecular complexity index is 924. The highest BCUT2D eigenvalue weighted by molar-refractivity contribution is 6.09. The van der Waals surface area contributed by atoms with Crippen LogP contribution in [0.4, 0.5) is 0 Å². The molecule has 0 aromatic carbocycles. The van der Waals surface area contributed by atoms with Gasteiger partial charge in [-0.2, -0.15) is 0 Å². The summed E-state index contributed by atoms with van der Waals surface area (Å²) in [4.78, 5) is 37.5. The second-order valence-corrected chi connectivity index (χ2v) is 10.5. The van der Waals surface area contributed by atoms with Crippen molar-refractivity contribution >= 4 is 17.5 Å². The molecule has 4 aliphatic carbocycles. The molecule has 4 heteroatoms. The summed E-state index contributed by atoms with van der Waals surface area (Å²) in [6.45, 7) is 18.2. The number of esters is 1. The van der Waals surface area contributed by atoms with Gasteiger partial charge < -0.3 is 4.74 Å². The number of fused-ring (bicyclic) bond motifs is 5. The number of ether oxygens (including phenoxy) is 1. The second kappa shape index (κ2) is 7.43. The zero-order valence-corrected chi connectivity index (χ0v) is 19.0. The minimum atomic E-state index is -0.456. The molecule has 3 saturated carbocycles. The molecule has 0 aliphatic heterocycles. The number of ketones is 2. The first-order valence-corrected chi connectivity index (χ1v) is 11.5. The van der Waals surface area contributed by atoms with Crippen LogP contribution in [0.15, 0.2) is 48.6 Å². The topological polar surface area (TPSA) is 60.4 Å². The minimum absolute atomic E-state index is 0.0108. The number of Topliss-reactive ketones (excluding diaryl/α,β-unsaturated/α-hetero) is 1. The highest BCUT2D eigenvalue weighted by Crippen LogP contribution is 2.67. The molecule has 0 heterocycles. The van der Waals surface area contributed by atoms with Crippen molar-refractivity contribution in [1.82, 2.24) is 0 Å². The van der Waals surface area contributed by atoms with Gasteiger partial charge in [0, 0.05) is 16.9 Å². The van der Waals surface area contributed by atoms with Gasteiger partial charge >= 0.3 is 5.97 Å². The molecular weight excluding hydrogens is 388 g/mol. The van der Waals surface area contributed by atoms with E-state index < -0.39 is 11.5 Å². The number of rotatable bonds is 4. The van der Waals surface area contributed by atoms with E-state index in [1.807, 2.05) is 0 Å². The van der Waals surface area contributed by atoms with Gasteiger partial charge in [-0.15, -0.1) is 6.58 Å². The molecule has 166 valence electrons. The van der Waals surface area contributed by atoms with Gasteiger partial charge in [-0.3, -0.25) is 14.4 Å². The van der Waals surface area contributed by atoms with Crippen LogP contribution < -0.4 is 0 Å². The molecule has 0 spiro atoms. The Labute approximate surface area is 185 Å². The Morgan fingerprint density at radius 2 is 1.90 bits per heavy atom. The van der Waals surface area contributed by atoms with Crippen LogP contribution in [0.3, 0.4) is 0 Å². The molecule has 0 amide bonds. The molecule has 0 N–H and O–H groups in total. The third-order valence-corrected chi connectivity index (χ3v) is 9.26. The molecule has 1 unspecified atom stereocenters. The summed E-state index contributed by atoms with van der Waals surface area (Å²) in [5.41, 5.74) is 1.63. The highest BCUT2D eigenvalue weighted by atomic mass is 16.5. The van der Waals surface area contributed by atoms with E-state index in [0.717, 1.165) is 36.8 Å². The summed E-state index contributed by atoms with van der Waals surface area (Å²) in [6.07, 6.45) is 7.52. The Hall–Kier alpha value is -2.23.